The molecule has 34 heavy (non-hydrogen) atoms. The van der Waals surface area contributed by atoms with Gasteiger partial charge in [0.1, 0.15) is 5.60 Å². The van der Waals surface area contributed by atoms with Gasteiger partial charge in [-0.2, -0.15) is 0 Å². The quantitative estimate of drug-likeness (QED) is 0.546. The Morgan fingerprint density at radius 2 is 1.85 bits per heavy atom. The number of Topliss-reactive ketones (excluding diaryl/α,β-unsaturated/α-hetero) is 1. The summed E-state index contributed by atoms with van der Waals surface area (Å²) in [7, 11) is 0. The minimum Gasteiger partial charge on any atom is -0.457 e. The molecule has 0 radical (unpaired) electrons. The van der Waals surface area contributed by atoms with Crippen molar-refractivity contribution in [2.45, 2.75) is 84.3 Å². The maximum Gasteiger partial charge on any atom is 0.320 e. The van der Waals surface area contributed by atoms with Gasteiger partial charge in [0.05, 0.1) is 12.6 Å². The highest BCUT2D eigenvalue weighted by atomic mass is 16.5. The number of esters is 1. The van der Waals surface area contributed by atoms with E-state index in [1.807, 2.05) is 25.7 Å². The Balaban J connectivity index is 1.51. The number of aliphatic hydroxyl groups is 2. The highest BCUT2D eigenvalue weighted by Gasteiger charge is 2.68. The number of fused-ring (bicyclic) bond motifs is 5. The number of ether oxygens (including phenoxy) is 1. The number of allylic oxidation sites excluding steroid dienone is 1. The topological polar surface area (TPSA) is 104 Å². The van der Waals surface area contributed by atoms with Gasteiger partial charge in [0.2, 0.25) is 5.78 Å². The maximum atomic E-state index is 13.3. The van der Waals surface area contributed by atoms with Crippen molar-refractivity contribution in [3.8, 4) is 0 Å². The maximum absolute atomic E-state index is 13.3. The van der Waals surface area contributed by atoms with Gasteiger partial charge in [-0.05, 0) is 80.9 Å². The molecular formula is C27H41NO6. The number of carbonyl (C=O) groups is 3. The van der Waals surface area contributed by atoms with Crippen LogP contribution in [0.25, 0.3) is 0 Å². The number of nitrogens with zero attached hydrogens (tertiary/aromatic N) is 1. The number of aliphatic hydroxyl groups excluding tert-OH is 1. The second-order valence-electron chi connectivity index (χ2n) is 11.5. The highest BCUT2D eigenvalue weighted by molar-refractivity contribution is 5.92. The van der Waals surface area contributed by atoms with E-state index in [0.717, 1.165) is 24.8 Å². The Kier molecular flexibility index (Phi) is 6.86. The van der Waals surface area contributed by atoms with Crippen LogP contribution in [0.4, 0.5) is 0 Å². The third-order valence-corrected chi connectivity index (χ3v) is 10.1. The molecule has 190 valence electrons. The lowest BCUT2D eigenvalue weighted by Gasteiger charge is -2.60. The number of likely N-dealkylation sites (N-methyl/N-ethyl adjacent to an activating group) is 1. The van der Waals surface area contributed by atoms with Gasteiger partial charge in [-0.15, -0.1) is 0 Å². The molecule has 0 aromatic carbocycles. The van der Waals surface area contributed by atoms with Gasteiger partial charge in [-0.3, -0.25) is 19.3 Å². The minimum atomic E-state index is -1.61. The van der Waals surface area contributed by atoms with Crippen molar-refractivity contribution in [2.24, 2.45) is 28.6 Å². The first-order chi connectivity index (χ1) is 16.0. The fraction of sp³-hybridized carbons (Fsp3) is 0.815. The van der Waals surface area contributed by atoms with Crippen LogP contribution >= 0.6 is 0 Å². The number of ketones is 2. The van der Waals surface area contributed by atoms with Gasteiger partial charge >= 0.3 is 5.97 Å². The Morgan fingerprint density at radius 1 is 1.15 bits per heavy atom. The van der Waals surface area contributed by atoms with Crippen LogP contribution in [0.15, 0.2) is 11.6 Å². The van der Waals surface area contributed by atoms with Gasteiger partial charge < -0.3 is 14.9 Å². The van der Waals surface area contributed by atoms with Crippen LogP contribution in [0.3, 0.4) is 0 Å². The average molecular weight is 476 g/mol. The summed E-state index contributed by atoms with van der Waals surface area (Å²) in [4.78, 5) is 39.5. The lowest BCUT2D eigenvalue weighted by atomic mass is 9.45. The van der Waals surface area contributed by atoms with E-state index in [-0.39, 0.29) is 35.5 Å². The Bertz CT molecular complexity index is 880. The molecule has 0 spiro atoms. The van der Waals surface area contributed by atoms with E-state index in [0.29, 0.717) is 38.8 Å². The molecule has 4 rings (SSSR count). The zero-order chi connectivity index (χ0) is 24.9. The summed E-state index contributed by atoms with van der Waals surface area (Å²) < 4.78 is 5.28. The van der Waals surface area contributed by atoms with E-state index < -0.39 is 35.5 Å². The molecule has 4 aliphatic rings. The summed E-state index contributed by atoms with van der Waals surface area (Å²) in [6.45, 7) is 9.17. The molecule has 0 amide bonds. The summed E-state index contributed by atoms with van der Waals surface area (Å²) in [5.41, 5.74) is -1.42. The van der Waals surface area contributed by atoms with E-state index in [4.69, 9.17) is 4.74 Å². The third kappa shape index (κ3) is 3.88. The van der Waals surface area contributed by atoms with Crippen molar-refractivity contribution in [3.63, 3.8) is 0 Å². The molecular weight excluding hydrogens is 434 g/mol. The first-order valence-corrected chi connectivity index (χ1v) is 13.1. The van der Waals surface area contributed by atoms with Crippen LogP contribution in [-0.2, 0) is 19.1 Å². The van der Waals surface area contributed by atoms with E-state index >= 15 is 0 Å². The molecule has 7 atom stereocenters. The lowest BCUT2D eigenvalue weighted by molar-refractivity contribution is -0.184. The number of hydrogen-bond donors (Lipinski definition) is 2. The molecule has 3 fully saturated rings. The van der Waals surface area contributed by atoms with Crippen molar-refractivity contribution in [1.29, 1.82) is 0 Å². The van der Waals surface area contributed by atoms with Crippen LogP contribution in [0.1, 0.15) is 72.6 Å². The summed E-state index contributed by atoms with van der Waals surface area (Å²) in [6.07, 6.45) is 5.49. The molecule has 3 saturated carbocycles. The molecule has 2 unspecified atom stereocenters. The fourth-order valence-corrected chi connectivity index (χ4v) is 8.09. The Morgan fingerprint density at radius 3 is 2.53 bits per heavy atom. The predicted molar refractivity (Wildman–Crippen MR) is 127 cm³/mol. The summed E-state index contributed by atoms with van der Waals surface area (Å²) in [6, 6.07) is 0. The predicted octanol–water partition coefficient (Wildman–Crippen LogP) is 2.67. The second-order valence-corrected chi connectivity index (χ2v) is 11.5. The largest absolute Gasteiger partial charge is 0.457 e. The SMILES string of the molecule is CCN(CC)CC(=O)OCC(=O)[C@@]1(O)CCC2[C@@H]3CCC4=CC(=O)CC[C@]4(C)C3[C@@H](O)C[C@@]21C. The molecule has 7 heteroatoms. The first-order valence-electron chi connectivity index (χ1n) is 13.1. The second kappa shape index (κ2) is 9.14. The highest BCUT2D eigenvalue weighted by Crippen LogP contribution is 2.67. The average Bonchev–Trinajstić information content (AvgIpc) is 3.07. The van der Waals surface area contributed by atoms with Gasteiger partial charge in [0, 0.05) is 11.8 Å². The number of rotatable bonds is 7. The van der Waals surface area contributed by atoms with Crippen LogP contribution in [0.5, 0.6) is 0 Å². The Labute approximate surface area is 202 Å². The molecule has 0 aromatic rings. The van der Waals surface area contributed by atoms with Crippen molar-refractivity contribution < 1.29 is 29.3 Å². The zero-order valence-electron chi connectivity index (χ0n) is 21.1. The Hall–Kier alpha value is -1.57. The van der Waals surface area contributed by atoms with Gasteiger partial charge in [0.25, 0.3) is 0 Å². The van der Waals surface area contributed by atoms with E-state index in [1.165, 1.54) is 0 Å². The molecule has 0 heterocycles. The fourth-order valence-electron chi connectivity index (χ4n) is 8.09. The van der Waals surface area contributed by atoms with Crippen molar-refractivity contribution in [2.75, 3.05) is 26.2 Å². The standard InChI is InChI=1S/C27H41NO6/c1-5-28(6-2)15-23(32)34-16-22(31)27(33)12-10-20-19-8-7-17-13-18(29)9-11-25(17,3)24(19)21(30)14-26(20,27)4/h13,19-21,24,30,33H,5-12,14-16H2,1-4H3/t19-,20?,21-,24?,25-,26-,27-/m0/s1. The lowest BCUT2D eigenvalue weighted by Crippen LogP contribution is -2.62. The molecule has 0 saturated heterocycles. The van der Waals surface area contributed by atoms with E-state index in [2.05, 4.69) is 6.92 Å². The minimum absolute atomic E-state index is 0.0306. The number of hydrogen-bond acceptors (Lipinski definition) is 7. The van der Waals surface area contributed by atoms with E-state index in [1.54, 1.807) is 6.08 Å². The summed E-state index contributed by atoms with van der Waals surface area (Å²) >= 11 is 0. The molecule has 4 aliphatic carbocycles. The number of carbonyl (C=O) groups excluding carboxylic acids is 3. The van der Waals surface area contributed by atoms with Crippen molar-refractivity contribution in [3.05, 3.63) is 11.6 Å². The van der Waals surface area contributed by atoms with Crippen LogP contribution in [0.2, 0.25) is 0 Å². The zero-order valence-corrected chi connectivity index (χ0v) is 21.1. The van der Waals surface area contributed by atoms with Crippen LogP contribution in [-0.4, -0.2) is 70.6 Å². The summed E-state index contributed by atoms with van der Waals surface area (Å²) in [5.74, 6) is -0.411. The first kappa shape index (κ1) is 25.5. The smallest absolute Gasteiger partial charge is 0.320 e. The van der Waals surface area contributed by atoms with E-state index in [9.17, 15) is 24.6 Å². The molecule has 2 N–H and O–H groups in total. The molecule has 0 aromatic heterocycles. The normalized spacial score (nSPS) is 41.4. The molecule has 0 bridgehead atoms. The van der Waals surface area contributed by atoms with Crippen LogP contribution in [0, 0.1) is 28.6 Å². The van der Waals surface area contributed by atoms with Crippen LogP contribution < -0.4 is 0 Å². The van der Waals surface area contributed by atoms with Gasteiger partial charge in [-0.25, -0.2) is 0 Å². The van der Waals surface area contributed by atoms with Crippen molar-refractivity contribution in [1.82, 2.24) is 4.90 Å². The summed E-state index contributed by atoms with van der Waals surface area (Å²) in [5, 5.41) is 23.2. The monoisotopic (exact) mass is 475 g/mol. The third-order valence-electron chi connectivity index (χ3n) is 10.1. The van der Waals surface area contributed by atoms with Gasteiger partial charge in [0.15, 0.2) is 12.4 Å². The van der Waals surface area contributed by atoms with Crippen molar-refractivity contribution >= 4 is 17.5 Å². The molecule has 0 aliphatic heterocycles. The molecule has 7 nitrogen and oxygen atoms in total. The van der Waals surface area contributed by atoms with Gasteiger partial charge in [-0.1, -0.05) is 33.3 Å².